The molecule has 0 bridgehead atoms. The predicted molar refractivity (Wildman–Crippen MR) is 69.8 cm³/mol. The largest absolute Gasteiger partial charge is 0.394 e. The Morgan fingerprint density at radius 1 is 0.824 bits per heavy atom. The Morgan fingerprint density at radius 3 is 1.35 bits per heavy atom. The summed E-state index contributed by atoms with van der Waals surface area (Å²) in [4.78, 5) is 0. The van der Waals surface area contributed by atoms with Crippen molar-refractivity contribution in [3.8, 4) is 22.3 Å². The van der Waals surface area contributed by atoms with Crippen molar-refractivity contribution in [3.05, 3.63) is 48.5 Å². The van der Waals surface area contributed by atoms with Gasteiger partial charge in [0.25, 0.3) is 0 Å². The van der Waals surface area contributed by atoms with Crippen molar-refractivity contribution in [1.82, 2.24) is 0 Å². The second-order valence-electron chi connectivity index (χ2n) is 3.81. The molecule has 0 radical (unpaired) electrons. The van der Waals surface area contributed by atoms with E-state index in [0.29, 0.717) is 6.61 Å². The van der Waals surface area contributed by atoms with E-state index in [1.54, 1.807) is 7.11 Å². The van der Waals surface area contributed by atoms with E-state index < -0.39 is 0 Å². The van der Waals surface area contributed by atoms with Crippen LogP contribution in [-0.4, -0.2) is 25.4 Å². The van der Waals surface area contributed by atoms with Crippen LogP contribution in [0.15, 0.2) is 48.5 Å². The first-order valence-corrected chi connectivity index (χ1v) is 5.67. The van der Waals surface area contributed by atoms with Crippen molar-refractivity contribution in [2.45, 2.75) is 0 Å². The van der Waals surface area contributed by atoms with E-state index in [2.05, 4.69) is 53.3 Å². The zero-order valence-corrected chi connectivity index (χ0v) is 9.89. The molecule has 1 aliphatic carbocycles. The highest BCUT2D eigenvalue weighted by molar-refractivity contribution is 6.01. The van der Waals surface area contributed by atoms with Gasteiger partial charge in [-0.2, -0.15) is 0 Å². The van der Waals surface area contributed by atoms with E-state index in [9.17, 15) is 0 Å². The molecule has 0 atom stereocenters. The molecule has 0 aliphatic heterocycles. The molecule has 3 rings (SSSR count). The molecule has 2 aromatic rings. The van der Waals surface area contributed by atoms with Gasteiger partial charge < -0.3 is 9.84 Å². The average molecular weight is 228 g/mol. The highest BCUT2D eigenvalue weighted by Gasteiger charge is 2.19. The lowest BCUT2D eigenvalue weighted by Gasteiger charge is -2.22. The SMILES string of the molecule is COCCO.c1ccc2c(c1)-c1ccccc1-2. The van der Waals surface area contributed by atoms with Gasteiger partial charge in [-0.15, -0.1) is 0 Å². The fourth-order valence-corrected chi connectivity index (χ4v) is 1.93. The molecule has 0 spiro atoms. The van der Waals surface area contributed by atoms with Gasteiger partial charge in [0, 0.05) is 7.11 Å². The Bertz CT molecular complexity index is 390. The first-order valence-electron chi connectivity index (χ1n) is 5.67. The fraction of sp³-hybridized carbons (Fsp3) is 0.200. The second kappa shape index (κ2) is 5.62. The van der Waals surface area contributed by atoms with Gasteiger partial charge in [-0.25, -0.2) is 0 Å². The van der Waals surface area contributed by atoms with E-state index in [1.807, 2.05) is 0 Å². The maximum atomic E-state index is 7.94. The number of hydrogen-bond acceptors (Lipinski definition) is 2. The van der Waals surface area contributed by atoms with Crippen molar-refractivity contribution >= 4 is 0 Å². The Labute approximate surface area is 101 Å². The Balaban J connectivity index is 0.000000188. The van der Waals surface area contributed by atoms with Crippen molar-refractivity contribution in [2.75, 3.05) is 20.3 Å². The molecule has 0 amide bonds. The molecule has 2 aromatic carbocycles. The number of methoxy groups -OCH3 is 1. The van der Waals surface area contributed by atoms with Gasteiger partial charge in [0.05, 0.1) is 13.2 Å². The summed E-state index contributed by atoms with van der Waals surface area (Å²) >= 11 is 0. The van der Waals surface area contributed by atoms with Gasteiger partial charge in [0.15, 0.2) is 0 Å². The summed E-state index contributed by atoms with van der Waals surface area (Å²) in [6.45, 7) is 0.566. The summed E-state index contributed by atoms with van der Waals surface area (Å²) in [6.07, 6.45) is 0. The van der Waals surface area contributed by atoms with Crippen molar-refractivity contribution < 1.29 is 9.84 Å². The molecule has 1 N–H and O–H groups in total. The molecule has 0 fully saturated rings. The lowest BCUT2D eigenvalue weighted by Crippen LogP contribution is -1.96. The number of aliphatic hydroxyl groups excluding tert-OH is 1. The van der Waals surface area contributed by atoms with Gasteiger partial charge in [0.1, 0.15) is 0 Å². The molecule has 0 unspecified atom stereocenters. The van der Waals surface area contributed by atoms with Crippen LogP contribution in [0.2, 0.25) is 0 Å². The summed E-state index contributed by atoms with van der Waals surface area (Å²) in [5.41, 5.74) is 5.59. The van der Waals surface area contributed by atoms with Crippen LogP contribution < -0.4 is 0 Å². The highest BCUT2D eigenvalue weighted by Crippen LogP contribution is 2.46. The van der Waals surface area contributed by atoms with Crippen molar-refractivity contribution in [3.63, 3.8) is 0 Å². The predicted octanol–water partition coefficient (Wildman–Crippen LogP) is 2.96. The summed E-state index contributed by atoms with van der Waals surface area (Å²) in [6, 6.07) is 17.1. The molecule has 2 heteroatoms. The van der Waals surface area contributed by atoms with Crippen LogP contribution in [0.25, 0.3) is 22.3 Å². The first kappa shape index (κ1) is 11.8. The molecule has 0 heterocycles. The number of ether oxygens (including phenoxy) is 1. The zero-order chi connectivity index (χ0) is 12.1. The quantitative estimate of drug-likeness (QED) is 0.730. The molecule has 0 saturated carbocycles. The molecule has 0 saturated heterocycles. The summed E-state index contributed by atoms with van der Waals surface area (Å²) in [7, 11) is 1.55. The number of hydrogen-bond donors (Lipinski definition) is 1. The molecule has 0 aromatic heterocycles. The normalized spacial score (nSPS) is 10.5. The lowest BCUT2D eigenvalue weighted by molar-refractivity contribution is 0.135. The van der Waals surface area contributed by atoms with E-state index in [0.717, 1.165) is 0 Å². The molecular formula is C15H16O2. The van der Waals surface area contributed by atoms with Gasteiger partial charge in [-0.1, -0.05) is 48.5 Å². The third kappa shape index (κ3) is 2.38. The Morgan fingerprint density at radius 2 is 1.18 bits per heavy atom. The van der Waals surface area contributed by atoms with Crippen molar-refractivity contribution in [1.29, 1.82) is 0 Å². The second-order valence-corrected chi connectivity index (χ2v) is 3.81. The topological polar surface area (TPSA) is 29.5 Å². The average Bonchev–Trinajstić information content (AvgIpc) is 2.38. The maximum absolute atomic E-state index is 7.94. The van der Waals surface area contributed by atoms with Crippen LogP contribution in [0.4, 0.5) is 0 Å². The molecule has 1 aliphatic rings. The Kier molecular flexibility index (Phi) is 3.91. The lowest BCUT2D eigenvalue weighted by atomic mass is 9.81. The van der Waals surface area contributed by atoms with E-state index in [-0.39, 0.29) is 6.61 Å². The third-order valence-corrected chi connectivity index (χ3v) is 2.73. The van der Waals surface area contributed by atoms with E-state index in [1.165, 1.54) is 22.3 Å². The molecule has 17 heavy (non-hydrogen) atoms. The summed E-state index contributed by atoms with van der Waals surface area (Å²) in [5.74, 6) is 0. The van der Waals surface area contributed by atoms with Gasteiger partial charge >= 0.3 is 0 Å². The smallest absolute Gasteiger partial charge is 0.0693 e. The summed E-state index contributed by atoms with van der Waals surface area (Å²) < 4.78 is 4.44. The number of benzene rings is 2. The van der Waals surface area contributed by atoms with Crippen LogP contribution >= 0.6 is 0 Å². The van der Waals surface area contributed by atoms with E-state index >= 15 is 0 Å². The van der Waals surface area contributed by atoms with Crippen LogP contribution in [0, 0.1) is 0 Å². The van der Waals surface area contributed by atoms with Gasteiger partial charge in [-0.05, 0) is 22.3 Å². The minimum atomic E-state index is 0.122. The molecule has 2 nitrogen and oxygen atoms in total. The minimum absolute atomic E-state index is 0.122. The molecular weight excluding hydrogens is 212 g/mol. The number of fused-ring (bicyclic) bond motifs is 4. The van der Waals surface area contributed by atoms with Crippen LogP contribution in [0.1, 0.15) is 0 Å². The maximum Gasteiger partial charge on any atom is 0.0693 e. The zero-order valence-electron chi connectivity index (χ0n) is 9.89. The van der Waals surface area contributed by atoms with Gasteiger partial charge in [-0.3, -0.25) is 0 Å². The first-order chi connectivity index (χ1) is 8.38. The van der Waals surface area contributed by atoms with Crippen molar-refractivity contribution in [2.24, 2.45) is 0 Å². The third-order valence-electron chi connectivity index (χ3n) is 2.73. The van der Waals surface area contributed by atoms with Crippen LogP contribution in [-0.2, 0) is 4.74 Å². The standard InChI is InChI=1S/C12H8.C3H8O2/c1-2-6-10-9(5-1)11-7-3-4-8-12(10)11;1-5-3-2-4/h1-8H;4H,2-3H2,1H3. The van der Waals surface area contributed by atoms with Gasteiger partial charge in [0.2, 0.25) is 0 Å². The van der Waals surface area contributed by atoms with E-state index in [4.69, 9.17) is 5.11 Å². The number of rotatable bonds is 2. The highest BCUT2D eigenvalue weighted by atomic mass is 16.5. The summed E-state index contributed by atoms with van der Waals surface area (Å²) in [5, 5.41) is 7.94. The number of aliphatic hydroxyl groups is 1. The Hall–Kier alpha value is -1.64. The van der Waals surface area contributed by atoms with Crippen LogP contribution in [0.5, 0.6) is 0 Å². The minimum Gasteiger partial charge on any atom is -0.394 e. The fourth-order valence-electron chi connectivity index (χ4n) is 1.93. The monoisotopic (exact) mass is 228 g/mol. The molecule has 88 valence electrons. The van der Waals surface area contributed by atoms with Crippen LogP contribution in [0.3, 0.4) is 0 Å².